The van der Waals surface area contributed by atoms with E-state index in [1.807, 2.05) is 0 Å². The molecule has 2 nitrogen and oxygen atoms in total. The van der Waals surface area contributed by atoms with E-state index in [1.54, 1.807) is 0 Å². The normalized spacial score (nSPS) is 30.2. The van der Waals surface area contributed by atoms with Crippen LogP contribution in [0.2, 0.25) is 0 Å². The summed E-state index contributed by atoms with van der Waals surface area (Å²) in [5.41, 5.74) is 0.797. The van der Waals surface area contributed by atoms with Crippen LogP contribution in [0.4, 0.5) is 0 Å². The van der Waals surface area contributed by atoms with Gasteiger partial charge >= 0.3 is 0 Å². The Morgan fingerprint density at radius 2 is 1.60 bits per heavy atom. The molecule has 0 N–H and O–H groups in total. The van der Waals surface area contributed by atoms with Gasteiger partial charge in [-0.25, -0.2) is 4.90 Å². The molecule has 2 saturated heterocycles. The fraction of sp³-hybridized carbons (Fsp3) is 1.00. The van der Waals surface area contributed by atoms with Crippen LogP contribution in [0.15, 0.2) is 0 Å². The van der Waals surface area contributed by atoms with Crippen LogP contribution in [0.25, 0.3) is 0 Å². The van der Waals surface area contributed by atoms with Crippen LogP contribution in [0.3, 0.4) is 0 Å². The molecule has 2 heterocycles. The summed E-state index contributed by atoms with van der Waals surface area (Å²) < 4.78 is 1.35. The quantitative estimate of drug-likeness (QED) is 0.556. The van der Waals surface area contributed by atoms with Gasteiger partial charge in [0.1, 0.15) is 12.2 Å². The number of quaternary nitrogens is 1. The van der Waals surface area contributed by atoms with Crippen molar-refractivity contribution < 1.29 is 4.48 Å². The summed E-state index contributed by atoms with van der Waals surface area (Å²) in [5.74, 6) is 0. The SMILES string of the molecule is CC(C)(C)N1CC(C)(C)[N+]2(CCCC2)C1. The van der Waals surface area contributed by atoms with Gasteiger partial charge in [-0.05, 0) is 34.6 Å². The van der Waals surface area contributed by atoms with Gasteiger partial charge in [-0.2, -0.15) is 0 Å². The Balaban J connectivity index is 2.21. The van der Waals surface area contributed by atoms with E-state index in [0.29, 0.717) is 11.1 Å². The summed E-state index contributed by atoms with van der Waals surface area (Å²) >= 11 is 0. The van der Waals surface area contributed by atoms with Gasteiger partial charge in [0.05, 0.1) is 19.6 Å². The van der Waals surface area contributed by atoms with E-state index in [9.17, 15) is 0 Å². The molecular formula is C13H27N2+. The highest BCUT2D eigenvalue weighted by molar-refractivity contribution is 4.89. The predicted octanol–water partition coefficient (Wildman–Crippen LogP) is 2.45. The van der Waals surface area contributed by atoms with Gasteiger partial charge in [0, 0.05) is 18.4 Å². The molecule has 88 valence electrons. The van der Waals surface area contributed by atoms with E-state index in [0.717, 1.165) is 0 Å². The summed E-state index contributed by atoms with van der Waals surface area (Å²) in [5, 5.41) is 0. The number of rotatable bonds is 0. The second-order valence-electron chi connectivity index (χ2n) is 7.12. The van der Waals surface area contributed by atoms with Crippen LogP contribution >= 0.6 is 0 Å². The van der Waals surface area contributed by atoms with Crippen molar-refractivity contribution >= 4 is 0 Å². The predicted molar refractivity (Wildman–Crippen MR) is 64.6 cm³/mol. The molecule has 0 aromatic rings. The minimum Gasteiger partial charge on any atom is -0.306 e. The molecular weight excluding hydrogens is 184 g/mol. The van der Waals surface area contributed by atoms with E-state index in [4.69, 9.17) is 0 Å². The second kappa shape index (κ2) is 3.21. The maximum Gasteiger partial charge on any atom is 0.136 e. The lowest BCUT2D eigenvalue weighted by Crippen LogP contribution is -2.56. The van der Waals surface area contributed by atoms with Crippen LogP contribution in [-0.4, -0.2) is 46.8 Å². The zero-order chi connectivity index (χ0) is 11.3. The summed E-state index contributed by atoms with van der Waals surface area (Å²) in [6.45, 7) is 17.3. The van der Waals surface area contributed by atoms with Crippen LogP contribution in [0, 0.1) is 0 Å². The topological polar surface area (TPSA) is 3.24 Å². The molecule has 0 saturated carbocycles. The van der Waals surface area contributed by atoms with Crippen molar-refractivity contribution in [2.75, 3.05) is 26.3 Å². The Hall–Kier alpha value is -0.0800. The lowest BCUT2D eigenvalue weighted by molar-refractivity contribution is -0.952. The minimum atomic E-state index is 0.335. The Morgan fingerprint density at radius 3 is 2.00 bits per heavy atom. The summed E-state index contributed by atoms with van der Waals surface area (Å²) in [6, 6.07) is 0. The summed E-state index contributed by atoms with van der Waals surface area (Å²) in [7, 11) is 0. The Morgan fingerprint density at radius 1 is 1.07 bits per heavy atom. The highest BCUT2D eigenvalue weighted by Gasteiger charge is 2.54. The smallest absolute Gasteiger partial charge is 0.136 e. The van der Waals surface area contributed by atoms with Crippen molar-refractivity contribution in [3.8, 4) is 0 Å². The average Bonchev–Trinajstić information content (AvgIpc) is 2.59. The van der Waals surface area contributed by atoms with Crippen LogP contribution in [-0.2, 0) is 0 Å². The van der Waals surface area contributed by atoms with Gasteiger partial charge in [0.25, 0.3) is 0 Å². The molecule has 0 unspecified atom stereocenters. The molecule has 0 aliphatic carbocycles. The highest BCUT2D eigenvalue weighted by Crippen LogP contribution is 2.39. The second-order valence-corrected chi connectivity index (χ2v) is 7.12. The molecule has 15 heavy (non-hydrogen) atoms. The van der Waals surface area contributed by atoms with Gasteiger partial charge in [-0.15, -0.1) is 0 Å². The molecule has 2 fully saturated rings. The molecule has 2 aliphatic heterocycles. The van der Waals surface area contributed by atoms with E-state index in [2.05, 4.69) is 39.5 Å². The molecule has 2 aliphatic rings. The van der Waals surface area contributed by atoms with Gasteiger partial charge < -0.3 is 4.48 Å². The van der Waals surface area contributed by atoms with Crippen LogP contribution < -0.4 is 0 Å². The van der Waals surface area contributed by atoms with Gasteiger partial charge in [-0.3, -0.25) is 0 Å². The first-order valence-electron chi connectivity index (χ1n) is 6.38. The van der Waals surface area contributed by atoms with Gasteiger partial charge in [0.2, 0.25) is 0 Å². The molecule has 0 amide bonds. The van der Waals surface area contributed by atoms with Crippen LogP contribution in [0.5, 0.6) is 0 Å². The van der Waals surface area contributed by atoms with Crippen LogP contribution in [0.1, 0.15) is 47.5 Å². The molecule has 0 aromatic heterocycles. The molecule has 0 aromatic carbocycles. The van der Waals surface area contributed by atoms with Gasteiger partial charge in [-0.1, -0.05) is 0 Å². The Labute approximate surface area is 94.8 Å². The lowest BCUT2D eigenvalue weighted by Gasteiger charge is -2.41. The first-order valence-corrected chi connectivity index (χ1v) is 6.38. The fourth-order valence-electron chi connectivity index (χ4n) is 3.32. The van der Waals surface area contributed by atoms with Crippen molar-refractivity contribution in [1.29, 1.82) is 0 Å². The standard InChI is InChI=1S/C13H27N2/c1-12(2,3)14-10-13(4,5)15(11-14)8-6-7-9-15/h6-11H2,1-5H3/q+1. The monoisotopic (exact) mass is 211 g/mol. The third kappa shape index (κ3) is 1.72. The molecule has 0 atom stereocenters. The first kappa shape index (κ1) is 11.4. The lowest BCUT2D eigenvalue weighted by atomic mass is 10.0. The van der Waals surface area contributed by atoms with Crippen molar-refractivity contribution in [1.82, 2.24) is 4.90 Å². The van der Waals surface area contributed by atoms with Crippen molar-refractivity contribution in [3.05, 3.63) is 0 Å². The fourth-order valence-corrected chi connectivity index (χ4v) is 3.32. The zero-order valence-corrected chi connectivity index (χ0v) is 11.1. The van der Waals surface area contributed by atoms with E-state index < -0.39 is 0 Å². The molecule has 0 radical (unpaired) electrons. The van der Waals surface area contributed by atoms with E-state index >= 15 is 0 Å². The molecule has 2 rings (SSSR count). The maximum absolute atomic E-state index is 2.68. The van der Waals surface area contributed by atoms with Crippen molar-refractivity contribution in [2.24, 2.45) is 0 Å². The Kier molecular flexibility index (Phi) is 2.44. The average molecular weight is 211 g/mol. The summed E-state index contributed by atoms with van der Waals surface area (Å²) in [4.78, 5) is 2.68. The first-order chi connectivity index (χ1) is 6.77. The van der Waals surface area contributed by atoms with Crippen molar-refractivity contribution in [3.63, 3.8) is 0 Å². The Bertz CT molecular complexity index is 244. The highest BCUT2D eigenvalue weighted by atomic mass is 15.6. The van der Waals surface area contributed by atoms with E-state index in [1.165, 1.54) is 43.6 Å². The van der Waals surface area contributed by atoms with Gasteiger partial charge in [0.15, 0.2) is 0 Å². The van der Waals surface area contributed by atoms with Crippen molar-refractivity contribution in [2.45, 2.75) is 58.5 Å². The number of hydrogen-bond donors (Lipinski definition) is 0. The third-order valence-electron chi connectivity index (χ3n) is 4.67. The maximum atomic E-state index is 2.68. The zero-order valence-electron chi connectivity index (χ0n) is 11.1. The number of nitrogens with zero attached hydrogens (tertiary/aromatic N) is 2. The molecule has 0 bridgehead atoms. The summed E-state index contributed by atoms with van der Waals surface area (Å²) in [6.07, 6.45) is 2.86. The molecule has 2 heteroatoms. The third-order valence-corrected chi connectivity index (χ3v) is 4.67. The van der Waals surface area contributed by atoms with E-state index in [-0.39, 0.29) is 0 Å². The number of hydrogen-bond acceptors (Lipinski definition) is 1. The molecule has 1 spiro atoms. The minimum absolute atomic E-state index is 0.335. The largest absolute Gasteiger partial charge is 0.306 e.